The number of hydrogen-bond donors (Lipinski definition) is 0. The highest BCUT2D eigenvalue weighted by atomic mass is 32.1. The van der Waals surface area contributed by atoms with Gasteiger partial charge in [0.1, 0.15) is 0 Å². The number of para-hydroxylation sites is 2. The molecule has 0 unspecified atom stereocenters. The summed E-state index contributed by atoms with van der Waals surface area (Å²) in [7, 11) is -3.21. The van der Waals surface area contributed by atoms with Crippen molar-refractivity contribution in [3.63, 3.8) is 0 Å². The lowest BCUT2D eigenvalue weighted by atomic mass is 9.36. The van der Waals surface area contributed by atoms with E-state index in [-0.39, 0.29) is 23.0 Å². The molecule has 80 heavy (non-hydrogen) atoms. The molecule has 0 aliphatic carbocycles. The van der Waals surface area contributed by atoms with Gasteiger partial charge in [0.25, 0.3) is 6.71 Å². The molecule has 390 valence electrons. The second kappa shape index (κ2) is 18.5. The Bertz CT molecular complexity index is 4180. The van der Waals surface area contributed by atoms with Gasteiger partial charge in [-0.15, -0.1) is 11.3 Å². The fraction of sp³-hybridized carbons (Fsp3) is 0.162. The van der Waals surface area contributed by atoms with E-state index in [1.54, 1.807) is 0 Å². The van der Waals surface area contributed by atoms with E-state index in [0.29, 0.717) is 0 Å². The highest BCUT2D eigenvalue weighted by Crippen LogP contribution is 2.48. The van der Waals surface area contributed by atoms with Crippen LogP contribution in [0.2, 0.25) is 0 Å². The van der Waals surface area contributed by atoms with Gasteiger partial charge in [0.2, 0.25) is 0 Å². The van der Waals surface area contributed by atoms with Crippen molar-refractivity contribution in [1.82, 2.24) is 4.57 Å². The maximum absolute atomic E-state index is 3.21. The third kappa shape index (κ3) is 7.74. The van der Waals surface area contributed by atoms with Crippen molar-refractivity contribution in [2.24, 2.45) is 0 Å². The van der Waals surface area contributed by atoms with Crippen LogP contribution < -0.4 is 46.2 Å². The predicted molar refractivity (Wildman–Crippen MR) is 350 cm³/mol. The minimum absolute atomic E-state index is 0.0211. The summed E-state index contributed by atoms with van der Waals surface area (Å²) in [6.07, 6.45) is 0. The molecule has 2 aliphatic heterocycles. The van der Waals surface area contributed by atoms with Crippen molar-refractivity contribution < 1.29 is 0 Å². The van der Waals surface area contributed by atoms with Crippen LogP contribution in [0.1, 0.15) is 79.0 Å². The van der Waals surface area contributed by atoms with Crippen LogP contribution in [0.25, 0.3) is 37.6 Å². The summed E-state index contributed by atoms with van der Waals surface area (Å²) >= 11 is 1.98. The largest absolute Gasteiger partial charge is 0.310 e. The first-order valence-electron chi connectivity index (χ1n) is 28.5. The fourth-order valence-electron chi connectivity index (χ4n) is 13.4. The zero-order valence-corrected chi connectivity index (χ0v) is 49.2. The minimum Gasteiger partial charge on any atom is -0.310 e. The van der Waals surface area contributed by atoms with Crippen LogP contribution >= 0.6 is 11.3 Å². The molecule has 4 heterocycles. The van der Waals surface area contributed by atoms with Crippen LogP contribution in [0.15, 0.2) is 237 Å². The molecule has 0 spiro atoms. The van der Waals surface area contributed by atoms with E-state index in [9.17, 15) is 0 Å². The van der Waals surface area contributed by atoms with E-state index in [4.69, 9.17) is 0 Å². The highest BCUT2D eigenvalue weighted by Gasteiger charge is 2.49. The molecule has 2 aromatic heterocycles. The lowest BCUT2D eigenvalue weighted by Gasteiger charge is -2.41. The van der Waals surface area contributed by atoms with Gasteiger partial charge in [0, 0.05) is 59.8 Å². The number of anilines is 6. The molecule has 3 nitrogen and oxygen atoms in total. The molecule has 0 amide bonds. The third-order valence-corrected chi connectivity index (χ3v) is 23.4. The molecule has 0 bridgehead atoms. The van der Waals surface area contributed by atoms with Crippen molar-refractivity contribution in [2.45, 2.75) is 78.6 Å². The zero-order valence-electron chi connectivity index (χ0n) is 47.3. The van der Waals surface area contributed by atoms with Gasteiger partial charge in [0.05, 0.1) is 16.7 Å². The Morgan fingerprint density at radius 2 is 0.925 bits per heavy atom. The summed E-state index contributed by atoms with van der Waals surface area (Å²) < 4.78 is 5.38. The summed E-state index contributed by atoms with van der Waals surface area (Å²) in [6.45, 7) is 20.8. The van der Waals surface area contributed by atoms with E-state index in [2.05, 4.69) is 313 Å². The van der Waals surface area contributed by atoms with Gasteiger partial charge in [-0.2, -0.15) is 0 Å². The molecule has 6 heteroatoms. The van der Waals surface area contributed by atoms with Gasteiger partial charge in [-0.1, -0.05) is 226 Å². The molecule has 2 aliphatic rings. The van der Waals surface area contributed by atoms with Crippen molar-refractivity contribution in [3.8, 4) is 5.69 Å². The maximum Gasteiger partial charge on any atom is 0.264 e. The molecule has 12 aromatic rings. The first-order chi connectivity index (χ1) is 38.6. The summed E-state index contributed by atoms with van der Waals surface area (Å²) in [5.74, 6) is 0. The molecule has 0 saturated carbocycles. The monoisotopic (exact) mass is 1070 g/mol. The Labute approximate surface area is 477 Å². The van der Waals surface area contributed by atoms with Crippen LogP contribution in [0.4, 0.5) is 34.1 Å². The molecule has 10 aromatic carbocycles. The van der Waals surface area contributed by atoms with Crippen LogP contribution in [0, 0.1) is 0 Å². The van der Waals surface area contributed by atoms with Gasteiger partial charge < -0.3 is 14.4 Å². The smallest absolute Gasteiger partial charge is 0.264 e. The van der Waals surface area contributed by atoms with Gasteiger partial charge in [0.15, 0.2) is 8.07 Å². The molecule has 0 fully saturated rings. The van der Waals surface area contributed by atoms with Crippen LogP contribution in [-0.2, 0) is 16.2 Å². The number of hydrogen-bond acceptors (Lipinski definition) is 3. The Kier molecular flexibility index (Phi) is 11.6. The molecule has 0 saturated heterocycles. The van der Waals surface area contributed by atoms with Gasteiger partial charge in [-0.05, 0) is 137 Å². The van der Waals surface area contributed by atoms with Gasteiger partial charge in [-0.3, -0.25) is 0 Å². The zero-order chi connectivity index (χ0) is 54.9. The van der Waals surface area contributed by atoms with Gasteiger partial charge in [-0.25, -0.2) is 0 Å². The van der Waals surface area contributed by atoms with Crippen molar-refractivity contribution >= 4 is 129 Å². The summed E-state index contributed by atoms with van der Waals surface area (Å²) in [5.41, 5.74) is 17.5. The van der Waals surface area contributed by atoms with Crippen molar-refractivity contribution in [1.29, 1.82) is 0 Å². The molecular weight excluding hydrogens is 1000 g/mol. The number of benzene rings is 10. The maximum atomic E-state index is 2.69. The summed E-state index contributed by atoms with van der Waals surface area (Å²) in [5, 5.41) is 9.38. The fourth-order valence-corrected chi connectivity index (χ4v) is 19.7. The van der Waals surface area contributed by atoms with E-state index in [0.717, 1.165) is 22.7 Å². The van der Waals surface area contributed by atoms with Crippen LogP contribution in [0.3, 0.4) is 0 Å². The lowest BCUT2D eigenvalue weighted by Crippen LogP contribution is -2.75. The van der Waals surface area contributed by atoms with Crippen molar-refractivity contribution in [2.75, 3.05) is 9.80 Å². The van der Waals surface area contributed by atoms with Crippen molar-refractivity contribution in [3.05, 3.63) is 253 Å². The Morgan fingerprint density at radius 3 is 1.46 bits per heavy atom. The molecule has 0 radical (unpaired) electrons. The highest BCUT2D eigenvalue weighted by molar-refractivity contribution is 7.34. The molecule has 14 rings (SSSR count). The second-order valence-corrected chi connectivity index (χ2v) is 30.2. The first-order valence-corrected chi connectivity index (χ1v) is 31.3. The van der Waals surface area contributed by atoms with E-state index in [1.165, 1.54) is 102 Å². The Balaban J connectivity index is 1.16. The topological polar surface area (TPSA) is 11.4 Å². The third-order valence-electron chi connectivity index (χ3n) is 17.4. The first kappa shape index (κ1) is 50.1. The van der Waals surface area contributed by atoms with E-state index >= 15 is 0 Å². The number of fused-ring (bicyclic) bond motifs is 10. The summed E-state index contributed by atoms with van der Waals surface area (Å²) in [4.78, 5) is 5.15. The average Bonchev–Trinajstić information content (AvgIpc) is 4.01. The predicted octanol–water partition coefficient (Wildman–Crippen LogP) is 15.4. The SMILES string of the molecule is CC(C)(C)c1ccc(N(c2ccc(C(C)(C)C)cc2)c2ccc3c(c2)-n2c4ccccc4c4c([Si](c5ccccc5)(c5ccccc5)c5ccccc5)cc5c(c42)B3c2sc3ccc(C(C)(C)C)cc3c2N5c2ccccc2)cc1. The molecule has 0 atom stereocenters. The summed E-state index contributed by atoms with van der Waals surface area (Å²) in [6, 6.07) is 91.1. The number of aromatic nitrogens is 1. The number of nitrogens with zero attached hydrogens (tertiary/aromatic N) is 3. The Hall–Kier alpha value is -8.16. The van der Waals surface area contributed by atoms with E-state index in [1.807, 2.05) is 11.3 Å². The number of rotatable bonds is 8. The van der Waals surface area contributed by atoms with Crippen LogP contribution in [-0.4, -0.2) is 19.4 Å². The number of thiophene rings is 1. The van der Waals surface area contributed by atoms with Crippen LogP contribution in [0.5, 0.6) is 0 Å². The normalized spacial score (nSPS) is 13.3. The van der Waals surface area contributed by atoms with E-state index < -0.39 is 8.07 Å². The minimum atomic E-state index is -3.21. The standard InChI is InChI=1S/C74H66BN3SSi/c1-72(2,3)49-34-39-53(40-35-49)76(54-41-36-50(37-42-54)73(4,5)6)55-43-44-61-63(47-55)78-62-33-23-22-32-59(62)67-66(80(56-26-16-11-17-27-56,57-28-18-12-19-29-57)58-30-20-13-21-31-58)48-64-68(70(67)78)75(61)71-69(77(64)52-24-14-10-15-25-52)60-46-51(74(7,8)9)38-45-65(60)79-71/h10-48H,1-9H3. The molecular formula is C74H66BN3SSi. The Morgan fingerprint density at radius 1 is 0.438 bits per heavy atom. The molecule has 0 N–H and O–H groups in total. The lowest BCUT2D eigenvalue weighted by molar-refractivity contribution is 0.590. The average molecular weight is 1070 g/mol. The van der Waals surface area contributed by atoms with Gasteiger partial charge >= 0.3 is 0 Å². The quantitative estimate of drug-likeness (QED) is 0.111. The second-order valence-electron chi connectivity index (χ2n) is 25.3.